The van der Waals surface area contributed by atoms with Gasteiger partial charge in [0.05, 0.1) is 12.3 Å². The Morgan fingerprint density at radius 3 is 2.47 bits per heavy atom. The number of fused-ring (bicyclic) bond motifs is 1. The molecule has 2 aromatic heterocycles. The van der Waals surface area contributed by atoms with Gasteiger partial charge in [-0.05, 0) is 29.8 Å². The number of hydrogen-bond acceptors (Lipinski definition) is 5. The van der Waals surface area contributed by atoms with Crippen LogP contribution >= 0.6 is 0 Å². The highest BCUT2D eigenvalue weighted by Crippen LogP contribution is 2.34. The van der Waals surface area contributed by atoms with E-state index >= 15 is 0 Å². The van der Waals surface area contributed by atoms with E-state index in [0.717, 1.165) is 11.3 Å². The van der Waals surface area contributed by atoms with Crippen molar-refractivity contribution >= 4 is 17.4 Å². The van der Waals surface area contributed by atoms with Crippen LogP contribution in [0.4, 0.5) is 11.5 Å². The maximum atomic E-state index is 13.6. The predicted molar refractivity (Wildman–Crippen MR) is 123 cm³/mol. The second-order valence-electron chi connectivity index (χ2n) is 7.59. The third kappa shape index (κ3) is 3.67. The maximum absolute atomic E-state index is 13.6. The molecule has 2 aromatic carbocycles. The molecule has 1 amide bonds. The molecule has 0 unspecified atom stereocenters. The molecule has 0 saturated heterocycles. The van der Waals surface area contributed by atoms with E-state index in [2.05, 4.69) is 16.5 Å². The monoisotopic (exact) mass is 422 g/mol. The normalized spacial score (nSPS) is 15.9. The Balaban J connectivity index is 1.65. The lowest BCUT2D eigenvalue weighted by Gasteiger charge is -2.31. The molecule has 6 heteroatoms. The zero-order valence-electron chi connectivity index (χ0n) is 17.5. The topological polar surface area (TPSA) is 62.5 Å². The lowest BCUT2D eigenvalue weighted by Crippen LogP contribution is -2.39. The van der Waals surface area contributed by atoms with Gasteiger partial charge in [0.1, 0.15) is 5.56 Å². The summed E-state index contributed by atoms with van der Waals surface area (Å²) in [5.41, 5.74) is 2.44. The molecule has 0 saturated carbocycles. The van der Waals surface area contributed by atoms with Crippen LogP contribution in [0.15, 0.2) is 102 Å². The number of amides is 1. The Hall–Kier alpha value is -4.19. The van der Waals surface area contributed by atoms with Crippen molar-refractivity contribution in [2.45, 2.75) is 12.6 Å². The summed E-state index contributed by atoms with van der Waals surface area (Å²) in [5, 5.41) is 0. The molecule has 0 fully saturated rings. The largest absolute Gasteiger partial charge is 0.461 e. The number of para-hydroxylation sites is 1. The first-order valence-corrected chi connectivity index (χ1v) is 10.5. The van der Waals surface area contributed by atoms with E-state index in [1.807, 2.05) is 71.6 Å². The molecular formula is C26H22N4O2. The number of nitrogens with zero attached hydrogens (tertiary/aromatic N) is 4. The molecule has 1 aliphatic heterocycles. The summed E-state index contributed by atoms with van der Waals surface area (Å²) in [7, 11) is 0. The summed E-state index contributed by atoms with van der Waals surface area (Å²) in [6.45, 7) is 5.03. The first-order chi connectivity index (χ1) is 15.7. The van der Waals surface area contributed by atoms with Gasteiger partial charge in [-0.3, -0.25) is 4.79 Å². The van der Waals surface area contributed by atoms with E-state index in [9.17, 15) is 4.79 Å². The van der Waals surface area contributed by atoms with E-state index in [-0.39, 0.29) is 11.9 Å². The van der Waals surface area contributed by atoms with E-state index in [4.69, 9.17) is 9.40 Å². The van der Waals surface area contributed by atoms with Crippen molar-refractivity contribution in [3.63, 3.8) is 0 Å². The number of hydrogen-bond donors (Lipinski definition) is 0. The number of furan rings is 1. The zero-order chi connectivity index (χ0) is 21.9. The van der Waals surface area contributed by atoms with Crippen LogP contribution in [0.25, 0.3) is 11.6 Å². The van der Waals surface area contributed by atoms with Crippen LogP contribution in [0.1, 0.15) is 15.9 Å². The molecule has 0 radical (unpaired) electrons. The fourth-order valence-corrected chi connectivity index (χ4v) is 3.97. The Bertz CT molecular complexity index is 1220. The zero-order valence-corrected chi connectivity index (χ0v) is 17.5. The molecule has 5 rings (SSSR count). The van der Waals surface area contributed by atoms with Crippen LogP contribution in [-0.2, 0) is 6.54 Å². The second kappa shape index (κ2) is 8.51. The molecule has 0 N–H and O–H groups in total. The number of benzene rings is 2. The first-order valence-electron chi connectivity index (χ1n) is 10.5. The van der Waals surface area contributed by atoms with Crippen molar-refractivity contribution in [2.24, 2.45) is 0 Å². The first kappa shape index (κ1) is 19.8. The van der Waals surface area contributed by atoms with Crippen LogP contribution in [0, 0.1) is 0 Å². The van der Waals surface area contributed by atoms with Crippen LogP contribution in [-0.4, -0.2) is 33.4 Å². The number of rotatable bonds is 5. The van der Waals surface area contributed by atoms with Crippen molar-refractivity contribution in [2.75, 3.05) is 11.4 Å². The van der Waals surface area contributed by atoms with Gasteiger partial charge >= 0.3 is 0 Å². The van der Waals surface area contributed by atoms with E-state index in [1.165, 1.54) is 0 Å². The third-order valence-corrected chi connectivity index (χ3v) is 5.52. The summed E-state index contributed by atoms with van der Waals surface area (Å²) in [6, 6.07) is 23.3. The molecule has 1 atom stereocenters. The molecule has 4 aromatic rings. The number of anilines is 2. The van der Waals surface area contributed by atoms with Gasteiger partial charge in [-0.1, -0.05) is 54.6 Å². The SMILES string of the molecule is C=C[C@@H]1CN(Cc2ccccc2)C(=O)c2cnc(-c3ccco3)nc2N1c1ccccc1. The van der Waals surface area contributed by atoms with E-state index < -0.39 is 0 Å². The Morgan fingerprint density at radius 2 is 1.78 bits per heavy atom. The van der Waals surface area contributed by atoms with Gasteiger partial charge in [0, 0.05) is 25.0 Å². The summed E-state index contributed by atoms with van der Waals surface area (Å²) >= 11 is 0. The van der Waals surface area contributed by atoms with Gasteiger partial charge in [-0.15, -0.1) is 6.58 Å². The van der Waals surface area contributed by atoms with Crippen LogP contribution in [0.2, 0.25) is 0 Å². The lowest BCUT2D eigenvalue weighted by atomic mass is 10.1. The van der Waals surface area contributed by atoms with Gasteiger partial charge in [0.2, 0.25) is 0 Å². The lowest BCUT2D eigenvalue weighted by molar-refractivity contribution is 0.0747. The molecule has 32 heavy (non-hydrogen) atoms. The highest BCUT2D eigenvalue weighted by molar-refractivity contribution is 6.00. The molecule has 158 valence electrons. The standard InChI is InChI=1S/C26H22N4O2/c1-2-20-18-29(17-19-10-5-3-6-11-19)26(31)22-16-27-24(23-14-9-15-32-23)28-25(22)30(20)21-12-7-4-8-13-21/h2-16,20H,1,17-18H2/t20-/m1/s1. The van der Waals surface area contributed by atoms with Gasteiger partial charge in [0.15, 0.2) is 17.4 Å². The minimum Gasteiger partial charge on any atom is -0.461 e. The van der Waals surface area contributed by atoms with Crippen molar-refractivity contribution in [3.05, 3.63) is 109 Å². The Labute approximate surface area is 186 Å². The minimum atomic E-state index is -0.175. The minimum absolute atomic E-state index is 0.111. The summed E-state index contributed by atoms with van der Waals surface area (Å²) in [6.07, 6.45) is 5.04. The fourth-order valence-electron chi connectivity index (χ4n) is 3.97. The molecule has 0 spiro atoms. The van der Waals surface area contributed by atoms with Crippen molar-refractivity contribution in [1.29, 1.82) is 0 Å². The van der Waals surface area contributed by atoms with Crippen molar-refractivity contribution in [1.82, 2.24) is 14.9 Å². The van der Waals surface area contributed by atoms with Crippen molar-refractivity contribution < 1.29 is 9.21 Å². The van der Waals surface area contributed by atoms with Crippen LogP contribution in [0.5, 0.6) is 0 Å². The highest BCUT2D eigenvalue weighted by Gasteiger charge is 2.34. The second-order valence-corrected chi connectivity index (χ2v) is 7.59. The molecule has 3 heterocycles. The quantitative estimate of drug-likeness (QED) is 0.420. The summed E-state index contributed by atoms with van der Waals surface area (Å²) < 4.78 is 5.50. The smallest absolute Gasteiger partial charge is 0.259 e. The van der Waals surface area contributed by atoms with E-state index in [0.29, 0.717) is 36.1 Å². The molecule has 6 nitrogen and oxygen atoms in total. The van der Waals surface area contributed by atoms with Gasteiger partial charge in [-0.2, -0.15) is 0 Å². The fraction of sp³-hybridized carbons (Fsp3) is 0.115. The third-order valence-electron chi connectivity index (χ3n) is 5.52. The molecule has 0 bridgehead atoms. The Kier molecular flexibility index (Phi) is 5.25. The molecular weight excluding hydrogens is 400 g/mol. The average molecular weight is 422 g/mol. The van der Waals surface area contributed by atoms with Gasteiger partial charge < -0.3 is 14.2 Å². The predicted octanol–water partition coefficient (Wildman–Crippen LogP) is 5.09. The van der Waals surface area contributed by atoms with Crippen LogP contribution < -0.4 is 4.90 Å². The average Bonchev–Trinajstić information content (AvgIpc) is 3.35. The number of aromatic nitrogens is 2. The number of carbonyl (C=O) groups excluding carboxylic acids is 1. The highest BCUT2D eigenvalue weighted by atomic mass is 16.3. The Morgan fingerprint density at radius 1 is 1.03 bits per heavy atom. The summed E-state index contributed by atoms with van der Waals surface area (Å²) in [5.74, 6) is 1.42. The molecule has 1 aliphatic rings. The summed E-state index contributed by atoms with van der Waals surface area (Å²) in [4.78, 5) is 26.8. The molecule has 0 aliphatic carbocycles. The van der Waals surface area contributed by atoms with Gasteiger partial charge in [-0.25, -0.2) is 9.97 Å². The van der Waals surface area contributed by atoms with Crippen LogP contribution in [0.3, 0.4) is 0 Å². The van der Waals surface area contributed by atoms with E-state index in [1.54, 1.807) is 24.6 Å². The van der Waals surface area contributed by atoms with Crippen molar-refractivity contribution in [3.8, 4) is 11.6 Å². The number of carbonyl (C=O) groups is 1. The maximum Gasteiger partial charge on any atom is 0.259 e. The van der Waals surface area contributed by atoms with Gasteiger partial charge in [0.25, 0.3) is 5.91 Å².